The van der Waals surface area contributed by atoms with Crippen molar-refractivity contribution in [2.45, 2.75) is 38.1 Å². The number of benzene rings is 1. The van der Waals surface area contributed by atoms with Crippen LogP contribution in [0.15, 0.2) is 30.5 Å². The van der Waals surface area contributed by atoms with Crippen molar-refractivity contribution in [1.82, 2.24) is 4.98 Å². The maximum Gasteiger partial charge on any atom is 0.0457 e. The predicted octanol–water partition coefficient (Wildman–Crippen LogP) is 4.17. The van der Waals surface area contributed by atoms with E-state index < -0.39 is 0 Å². The van der Waals surface area contributed by atoms with Crippen LogP contribution in [0.4, 0.5) is 0 Å². The molecule has 3 rings (SSSR count). The van der Waals surface area contributed by atoms with Gasteiger partial charge in [-0.15, -0.1) is 12.4 Å². The lowest BCUT2D eigenvalue weighted by Gasteiger charge is -2.27. The fourth-order valence-corrected chi connectivity index (χ4v) is 3.12. The topological polar surface area (TPSA) is 41.8 Å². The van der Waals surface area contributed by atoms with Crippen LogP contribution in [-0.4, -0.2) is 4.98 Å². The molecule has 3 N–H and O–H groups in total. The van der Waals surface area contributed by atoms with E-state index in [9.17, 15) is 0 Å². The fraction of sp³-hybridized carbons (Fsp3) is 0.467. The van der Waals surface area contributed by atoms with E-state index in [0.717, 1.165) is 0 Å². The van der Waals surface area contributed by atoms with Crippen molar-refractivity contribution < 1.29 is 0 Å². The normalized spacial score (nSPS) is 18.5. The Balaban J connectivity index is 0.00000120. The van der Waals surface area contributed by atoms with Crippen LogP contribution < -0.4 is 5.73 Å². The van der Waals surface area contributed by atoms with Crippen LogP contribution in [0.1, 0.15) is 43.7 Å². The molecule has 1 aliphatic carbocycles. The average molecular weight is 265 g/mol. The van der Waals surface area contributed by atoms with Crippen molar-refractivity contribution >= 4 is 23.3 Å². The molecule has 2 nitrogen and oxygen atoms in total. The van der Waals surface area contributed by atoms with Crippen LogP contribution in [0, 0.1) is 5.92 Å². The first kappa shape index (κ1) is 13.4. The molecule has 0 unspecified atom stereocenters. The number of rotatable bonds is 2. The van der Waals surface area contributed by atoms with Gasteiger partial charge in [-0.3, -0.25) is 0 Å². The Bertz CT molecular complexity index is 500. The van der Waals surface area contributed by atoms with Crippen molar-refractivity contribution in [2.75, 3.05) is 0 Å². The first-order valence-corrected chi connectivity index (χ1v) is 6.68. The Morgan fingerprint density at radius 2 is 1.83 bits per heavy atom. The summed E-state index contributed by atoms with van der Waals surface area (Å²) in [5.41, 5.74) is 8.96. The molecule has 98 valence electrons. The fourth-order valence-electron chi connectivity index (χ4n) is 3.12. The molecule has 18 heavy (non-hydrogen) atoms. The number of hydrogen-bond donors (Lipinski definition) is 2. The van der Waals surface area contributed by atoms with E-state index in [1.54, 1.807) is 0 Å². The first-order chi connectivity index (χ1) is 8.36. The molecule has 1 aliphatic rings. The van der Waals surface area contributed by atoms with Gasteiger partial charge in [0.15, 0.2) is 0 Å². The van der Waals surface area contributed by atoms with E-state index in [1.165, 1.54) is 48.6 Å². The third kappa shape index (κ3) is 2.40. The molecule has 2 aromatic rings. The number of hydrogen-bond acceptors (Lipinski definition) is 1. The zero-order valence-electron chi connectivity index (χ0n) is 10.6. The molecule has 0 bridgehead atoms. The molecule has 0 aliphatic heterocycles. The van der Waals surface area contributed by atoms with Crippen molar-refractivity contribution in [2.24, 2.45) is 11.7 Å². The molecule has 0 radical (unpaired) electrons. The zero-order chi connectivity index (χ0) is 11.7. The van der Waals surface area contributed by atoms with E-state index in [-0.39, 0.29) is 18.4 Å². The standard InChI is InChI=1S/C15H20N2.ClH/c16-15(11-6-2-1-3-7-11)13-10-17-14-9-5-4-8-12(13)14;/h4-5,8-11,15,17H,1-3,6-7,16H2;1H/t15-;/m1./s1. The molecule has 0 amide bonds. The second-order valence-corrected chi connectivity index (χ2v) is 5.21. The third-order valence-corrected chi connectivity index (χ3v) is 4.14. The second-order valence-electron chi connectivity index (χ2n) is 5.21. The number of halogens is 1. The summed E-state index contributed by atoms with van der Waals surface area (Å²) >= 11 is 0. The highest BCUT2D eigenvalue weighted by molar-refractivity contribution is 5.85. The predicted molar refractivity (Wildman–Crippen MR) is 79.1 cm³/mol. The van der Waals surface area contributed by atoms with Gasteiger partial charge in [0.1, 0.15) is 0 Å². The summed E-state index contributed by atoms with van der Waals surface area (Å²) in [5, 5.41) is 1.30. The average Bonchev–Trinajstić information content (AvgIpc) is 2.83. The molecule has 3 heteroatoms. The summed E-state index contributed by atoms with van der Waals surface area (Å²) in [6.07, 6.45) is 8.77. The van der Waals surface area contributed by atoms with Gasteiger partial charge in [-0.2, -0.15) is 0 Å². The molecular formula is C15H21ClN2. The van der Waals surface area contributed by atoms with Gasteiger partial charge >= 0.3 is 0 Å². The minimum absolute atomic E-state index is 0. The van der Waals surface area contributed by atoms with Crippen LogP contribution in [0.25, 0.3) is 10.9 Å². The Kier molecular flexibility index (Phi) is 4.31. The first-order valence-electron chi connectivity index (χ1n) is 6.68. The highest BCUT2D eigenvalue weighted by atomic mass is 35.5. The van der Waals surface area contributed by atoms with E-state index in [0.29, 0.717) is 5.92 Å². The number of aromatic nitrogens is 1. The lowest BCUT2D eigenvalue weighted by molar-refractivity contribution is 0.309. The van der Waals surface area contributed by atoms with Gasteiger partial charge < -0.3 is 10.7 Å². The molecule has 0 saturated heterocycles. The zero-order valence-corrected chi connectivity index (χ0v) is 11.4. The molecule has 1 aromatic carbocycles. The second kappa shape index (κ2) is 5.77. The Morgan fingerprint density at radius 1 is 1.11 bits per heavy atom. The third-order valence-electron chi connectivity index (χ3n) is 4.14. The smallest absolute Gasteiger partial charge is 0.0457 e. The highest BCUT2D eigenvalue weighted by Crippen LogP contribution is 2.35. The Labute approximate surface area is 114 Å². The largest absolute Gasteiger partial charge is 0.361 e. The number of nitrogens with two attached hydrogens (primary N) is 1. The van der Waals surface area contributed by atoms with E-state index in [2.05, 4.69) is 35.4 Å². The summed E-state index contributed by atoms with van der Waals surface area (Å²) in [7, 11) is 0. The number of nitrogens with one attached hydrogen (secondary N) is 1. The lowest BCUT2D eigenvalue weighted by Crippen LogP contribution is -2.23. The van der Waals surface area contributed by atoms with Crippen LogP contribution in [0.3, 0.4) is 0 Å². The molecule has 1 fully saturated rings. The van der Waals surface area contributed by atoms with Gasteiger partial charge in [-0.25, -0.2) is 0 Å². The van der Waals surface area contributed by atoms with Gasteiger partial charge in [0, 0.05) is 23.1 Å². The number of aromatic amines is 1. The monoisotopic (exact) mass is 264 g/mol. The number of H-pyrrole nitrogens is 1. The van der Waals surface area contributed by atoms with Crippen molar-refractivity contribution in [3.63, 3.8) is 0 Å². The molecule has 1 saturated carbocycles. The quantitative estimate of drug-likeness (QED) is 0.840. The van der Waals surface area contributed by atoms with Crippen LogP contribution >= 0.6 is 12.4 Å². The summed E-state index contributed by atoms with van der Waals surface area (Å²) in [5.74, 6) is 0.669. The Hall–Kier alpha value is -0.990. The molecule has 1 aromatic heterocycles. The molecule has 1 heterocycles. The van der Waals surface area contributed by atoms with E-state index >= 15 is 0 Å². The highest BCUT2D eigenvalue weighted by Gasteiger charge is 2.23. The van der Waals surface area contributed by atoms with E-state index in [1.807, 2.05) is 0 Å². The summed E-state index contributed by atoms with van der Waals surface area (Å²) in [6, 6.07) is 8.64. The maximum absolute atomic E-state index is 6.46. The minimum atomic E-state index is 0. The van der Waals surface area contributed by atoms with Gasteiger partial charge in [-0.1, -0.05) is 37.5 Å². The molecule has 1 atom stereocenters. The van der Waals surface area contributed by atoms with E-state index in [4.69, 9.17) is 5.73 Å². The van der Waals surface area contributed by atoms with Crippen molar-refractivity contribution in [3.8, 4) is 0 Å². The maximum atomic E-state index is 6.46. The molecular weight excluding hydrogens is 244 g/mol. The summed E-state index contributed by atoms with van der Waals surface area (Å²) in [4.78, 5) is 3.33. The van der Waals surface area contributed by atoms with Crippen LogP contribution in [-0.2, 0) is 0 Å². The SMILES string of the molecule is Cl.N[C@@H](c1c[nH]c2ccccc12)C1CCCCC1. The van der Waals surface area contributed by atoms with Gasteiger partial charge in [0.25, 0.3) is 0 Å². The summed E-state index contributed by atoms with van der Waals surface area (Å²) < 4.78 is 0. The number of fused-ring (bicyclic) bond motifs is 1. The Morgan fingerprint density at radius 3 is 2.61 bits per heavy atom. The lowest BCUT2D eigenvalue weighted by atomic mass is 9.81. The number of para-hydroxylation sites is 1. The van der Waals surface area contributed by atoms with Crippen molar-refractivity contribution in [3.05, 3.63) is 36.0 Å². The summed E-state index contributed by atoms with van der Waals surface area (Å²) in [6.45, 7) is 0. The molecule has 0 spiro atoms. The minimum Gasteiger partial charge on any atom is -0.361 e. The van der Waals surface area contributed by atoms with Gasteiger partial charge in [0.2, 0.25) is 0 Å². The van der Waals surface area contributed by atoms with Crippen LogP contribution in [0.5, 0.6) is 0 Å². The van der Waals surface area contributed by atoms with Crippen LogP contribution in [0.2, 0.25) is 0 Å². The van der Waals surface area contributed by atoms with Crippen molar-refractivity contribution in [1.29, 1.82) is 0 Å². The van der Waals surface area contributed by atoms with Gasteiger partial charge in [-0.05, 0) is 30.4 Å². The van der Waals surface area contributed by atoms with Gasteiger partial charge in [0.05, 0.1) is 0 Å².